The van der Waals surface area contributed by atoms with E-state index < -0.39 is 10.8 Å². The molecule has 144 valence electrons. The Labute approximate surface area is 164 Å². The summed E-state index contributed by atoms with van der Waals surface area (Å²) < 4.78 is 12.0. The second-order valence-corrected chi connectivity index (χ2v) is 5.96. The second kappa shape index (κ2) is 8.40. The quantitative estimate of drug-likeness (QED) is 0.476. The van der Waals surface area contributed by atoms with Gasteiger partial charge in [-0.3, -0.25) is 14.9 Å². The van der Waals surface area contributed by atoms with E-state index in [1.165, 1.54) is 42.3 Å². The number of nitrogens with one attached hydrogen (secondary N) is 1. The van der Waals surface area contributed by atoms with E-state index in [0.717, 1.165) is 0 Å². The van der Waals surface area contributed by atoms with Gasteiger partial charge < -0.3 is 14.8 Å². The lowest BCUT2D eigenvalue weighted by atomic mass is 10.2. The van der Waals surface area contributed by atoms with Crippen LogP contribution in [-0.2, 0) is 6.73 Å². The van der Waals surface area contributed by atoms with Crippen LogP contribution in [0.5, 0.6) is 11.5 Å². The first-order valence-corrected chi connectivity index (χ1v) is 8.39. The molecule has 1 aromatic heterocycles. The Bertz CT molecular complexity index is 1020. The van der Waals surface area contributed by atoms with Gasteiger partial charge in [-0.05, 0) is 18.2 Å². The van der Waals surface area contributed by atoms with Gasteiger partial charge in [0.25, 0.3) is 11.6 Å². The number of non-ortho nitro benzene ring substituents is 1. The van der Waals surface area contributed by atoms with Crippen molar-refractivity contribution in [3.05, 3.63) is 75.6 Å². The van der Waals surface area contributed by atoms with Crippen molar-refractivity contribution in [2.24, 2.45) is 0 Å². The van der Waals surface area contributed by atoms with Gasteiger partial charge in [0.2, 0.25) is 0 Å². The summed E-state index contributed by atoms with van der Waals surface area (Å²) in [7, 11) is 1.38. The van der Waals surface area contributed by atoms with Gasteiger partial charge in [0.1, 0.15) is 17.2 Å². The molecule has 0 aliphatic rings. The van der Waals surface area contributed by atoms with E-state index in [4.69, 9.17) is 21.1 Å². The number of aromatic nitrogens is 2. The van der Waals surface area contributed by atoms with Crippen molar-refractivity contribution in [3.8, 4) is 11.5 Å². The Balaban J connectivity index is 1.76. The number of nitrogens with zero attached hydrogens (tertiary/aromatic N) is 3. The predicted molar refractivity (Wildman–Crippen MR) is 102 cm³/mol. The molecule has 0 spiro atoms. The number of nitro benzene ring substituents is 1. The van der Waals surface area contributed by atoms with Crippen LogP contribution in [-0.4, -0.2) is 27.7 Å². The Kier molecular flexibility index (Phi) is 5.75. The second-order valence-electron chi connectivity index (χ2n) is 5.55. The molecule has 3 aromatic rings. The standard InChI is InChI=1S/C18H15ClN4O5/c1-27-14-9-12(8-13(10-14)23(25)26)21-18(24)16-6-7-20-22(16)11-28-17-5-3-2-4-15(17)19/h2-10H,11H2,1H3,(H,21,24). The number of hydrogen-bond acceptors (Lipinski definition) is 6. The number of anilines is 1. The lowest BCUT2D eigenvalue weighted by Crippen LogP contribution is -2.19. The first-order chi connectivity index (χ1) is 13.5. The fourth-order valence-corrected chi connectivity index (χ4v) is 2.59. The Morgan fingerprint density at radius 2 is 2.07 bits per heavy atom. The van der Waals surface area contributed by atoms with E-state index in [0.29, 0.717) is 10.8 Å². The summed E-state index contributed by atoms with van der Waals surface area (Å²) in [4.78, 5) is 23.1. The van der Waals surface area contributed by atoms with Gasteiger partial charge >= 0.3 is 0 Å². The van der Waals surface area contributed by atoms with Gasteiger partial charge in [0.15, 0.2) is 6.73 Å². The first-order valence-electron chi connectivity index (χ1n) is 8.02. The number of benzene rings is 2. The highest BCUT2D eigenvalue weighted by Gasteiger charge is 2.16. The molecule has 0 bridgehead atoms. The summed E-state index contributed by atoms with van der Waals surface area (Å²) in [5, 5.41) is 18.1. The smallest absolute Gasteiger partial charge is 0.275 e. The SMILES string of the molecule is COc1cc(NC(=O)c2ccnn2COc2ccccc2Cl)cc([N+](=O)[O-])c1. The van der Waals surface area contributed by atoms with Crippen LogP contribution >= 0.6 is 11.6 Å². The minimum atomic E-state index is -0.570. The number of para-hydroxylation sites is 1. The van der Waals surface area contributed by atoms with Gasteiger partial charge in [-0.2, -0.15) is 5.10 Å². The summed E-state index contributed by atoms with van der Waals surface area (Å²) in [6, 6.07) is 12.4. The topological polar surface area (TPSA) is 109 Å². The minimum Gasteiger partial charge on any atom is -0.496 e. The first kappa shape index (κ1) is 19.2. The van der Waals surface area contributed by atoms with Crippen LogP contribution in [0.25, 0.3) is 0 Å². The van der Waals surface area contributed by atoms with E-state index in [9.17, 15) is 14.9 Å². The van der Waals surface area contributed by atoms with E-state index in [-0.39, 0.29) is 29.5 Å². The highest BCUT2D eigenvalue weighted by molar-refractivity contribution is 6.32. The maximum Gasteiger partial charge on any atom is 0.275 e. The lowest BCUT2D eigenvalue weighted by Gasteiger charge is -2.11. The fourth-order valence-electron chi connectivity index (χ4n) is 2.39. The number of methoxy groups -OCH3 is 1. The third kappa shape index (κ3) is 4.38. The zero-order valence-electron chi connectivity index (χ0n) is 14.7. The highest BCUT2D eigenvalue weighted by atomic mass is 35.5. The molecule has 1 heterocycles. The van der Waals surface area contributed by atoms with Crippen molar-refractivity contribution >= 4 is 28.9 Å². The van der Waals surface area contributed by atoms with Crippen LogP contribution in [0.4, 0.5) is 11.4 Å². The normalized spacial score (nSPS) is 10.4. The van der Waals surface area contributed by atoms with Gasteiger partial charge in [0, 0.05) is 18.3 Å². The maximum atomic E-state index is 12.6. The molecule has 3 rings (SSSR count). The van der Waals surface area contributed by atoms with Crippen LogP contribution in [0, 0.1) is 10.1 Å². The van der Waals surface area contributed by atoms with E-state index in [2.05, 4.69) is 10.4 Å². The van der Waals surface area contributed by atoms with E-state index >= 15 is 0 Å². The molecule has 2 aromatic carbocycles. The number of ether oxygens (including phenoxy) is 2. The molecule has 0 atom stereocenters. The molecule has 10 heteroatoms. The van der Waals surface area contributed by atoms with Crippen LogP contribution in [0.2, 0.25) is 5.02 Å². The third-order valence-electron chi connectivity index (χ3n) is 3.72. The van der Waals surface area contributed by atoms with Crippen molar-refractivity contribution in [2.75, 3.05) is 12.4 Å². The molecule has 1 N–H and O–H groups in total. The molecule has 9 nitrogen and oxygen atoms in total. The Morgan fingerprint density at radius 3 is 2.79 bits per heavy atom. The Morgan fingerprint density at radius 1 is 1.29 bits per heavy atom. The zero-order valence-corrected chi connectivity index (χ0v) is 15.4. The number of amides is 1. The molecular weight excluding hydrogens is 388 g/mol. The lowest BCUT2D eigenvalue weighted by molar-refractivity contribution is -0.384. The number of carbonyl (C=O) groups excluding carboxylic acids is 1. The minimum absolute atomic E-state index is 0.0439. The monoisotopic (exact) mass is 402 g/mol. The molecule has 0 saturated carbocycles. The average Bonchev–Trinajstić information content (AvgIpc) is 3.15. The van der Waals surface area contributed by atoms with Crippen LogP contribution in [0.1, 0.15) is 10.5 Å². The van der Waals surface area contributed by atoms with Crippen molar-refractivity contribution in [2.45, 2.75) is 6.73 Å². The summed E-state index contributed by atoms with van der Waals surface area (Å²) >= 11 is 6.04. The fraction of sp³-hybridized carbons (Fsp3) is 0.111. The average molecular weight is 403 g/mol. The van der Waals surface area contributed by atoms with Crippen LogP contribution < -0.4 is 14.8 Å². The van der Waals surface area contributed by atoms with E-state index in [1.807, 2.05) is 0 Å². The number of halogens is 1. The van der Waals surface area contributed by atoms with Gasteiger partial charge in [-0.15, -0.1) is 0 Å². The van der Waals surface area contributed by atoms with Crippen LogP contribution in [0.15, 0.2) is 54.7 Å². The predicted octanol–water partition coefficient (Wildman–Crippen LogP) is 3.74. The molecule has 0 radical (unpaired) electrons. The van der Waals surface area contributed by atoms with Crippen molar-refractivity contribution in [3.63, 3.8) is 0 Å². The Hall–Kier alpha value is -3.59. The molecular formula is C18H15ClN4O5. The maximum absolute atomic E-state index is 12.6. The van der Waals surface area contributed by atoms with Gasteiger partial charge in [-0.25, -0.2) is 4.68 Å². The largest absolute Gasteiger partial charge is 0.496 e. The van der Waals surface area contributed by atoms with E-state index in [1.54, 1.807) is 24.3 Å². The molecule has 28 heavy (non-hydrogen) atoms. The number of carbonyl (C=O) groups is 1. The molecule has 0 aliphatic heterocycles. The summed E-state index contributed by atoms with van der Waals surface area (Å²) in [6.45, 7) is -0.0439. The van der Waals surface area contributed by atoms with Crippen molar-refractivity contribution in [1.82, 2.24) is 9.78 Å². The van der Waals surface area contributed by atoms with Gasteiger partial charge in [-0.1, -0.05) is 23.7 Å². The molecule has 0 fully saturated rings. The number of hydrogen-bond donors (Lipinski definition) is 1. The van der Waals surface area contributed by atoms with Crippen LogP contribution in [0.3, 0.4) is 0 Å². The summed E-state index contributed by atoms with van der Waals surface area (Å²) in [6.07, 6.45) is 1.44. The summed E-state index contributed by atoms with van der Waals surface area (Å²) in [5.41, 5.74) is 0.221. The number of nitro groups is 1. The highest BCUT2D eigenvalue weighted by Crippen LogP contribution is 2.26. The number of rotatable bonds is 7. The zero-order chi connectivity index (χ0) is 20.1. The van der Waals surface area contributed by atoms with Gasteiger partial charge in [0.05, 0.1) is 28.8 Å². The molecule has 1 amide bonds. The molecule has 0 unspecified atom stereocenters. The van der Waals surface area contributed by atoms with Crippen molar-refractivity contribution in [1.29, 1.82) is 0 Å². The molecule has 0 saturated heterocycles. The van der Waals surface area contributed by atoms with Crippen molar-refractivity contribution < 1.29 is 19.2 Å². The summed E-state index contributed by atoms with van der Waals surface area (Å²) in [5.74, 6) is 0.192. The molecule has 0 aliphatic carbocycles. The third-order valence-corrected chi connectivity index (χ3v) is 4.04.